The maximum atomic E-state index is 12.5. The fourth-order valence-corrected chi connectivity index (χ4v) is 2.97. The van der Waals surface area contributed by atoms with E-state index in [1.54, 1.807) is 10.9 Å². The van der Waals surface area contributed by atoms with Gasteiger partial charge in [0.15, 0.2) is 0 Å². The molecule has 20 heavy (non-hydrogen) atoms. The zero-order valence-corrected chi connectivity index (χ0v) is 13.8. The van der Waals surface area contributed by atoms with Crippen molar-refractivity contribution in [3.63, 3.8) is 0 Å². The highest BCUT2D eigenvalue weighted by atomic mass is 79.9. The molecule has 5 heteroatoms. The molecule has 1 aliphatic rings. The quantitative estimate of drug-likeness (QED) is 0.610. The second-order valence-corrected chi connectivity index (χ2v) is 6.45. The van der Waals surface area contributed by atoms with Crippen molar-refractivity contribution in [1.82, 2.24) is 14.7 Å². The van der Waals surface area contributed by atoms with E-state index in [2.05, 4.69) is 25.9 Å². The Morgan fingerprint density at radius 1 is 1.40 bits per heavy atom. The van der Waals surface area contributed by atoms with Gasteiger partial charge in [-0.1, -0.05) is 12.0 Å². The Morgan fingerprint density at radius 3 is 2.75 bits per heavy atom. The summed E-state index contributed by atoms with van der Waals surface area (Å²) >= 11 is 3.44. The molecule has 0 aliphatic heterocycles. The minimum Gasteiger partial charge on any atom is -0.308 e. The summed E-state index contributed by atoms with van der Waals surface area (Å²) in [5.74, 6) is 0.0741. The zero-order valence-electron chi connectivity index (χ0n) is 12.2. The molecule has 0 aromatic carbocycles. The number of nitrogens with zero attached hydrogens (tertiary/aromatic N) is 3. The van der Waals surface area contributed by atoms with Gasteiger partial charge < -0.3 is 4.90 Å². The second kappa shape index (κ2) is 7.18. The van der Waals surface area contributed by atoms with Crippen LogP contribution in [-0.4, -0.2) is 41.1 Å². The lowest BCUT2D eigenvalue weighted by Gasteiger charge is -2.14. The topological polar surface area (TPSA) is 38.1 Å². The average Bonchev–Trinajstić information content (AvgIpc) is 2.78. The summed E-state index contributed by atoms with van der Waals surface area (Å²) in [5.41, 5.74) is 1.96. The van der Waals surface area contributed by atoms with E-state index in [-0.39, 0.29) is 5.78 Å². The number of likely N-dealkylation sites (N-methyl/N-ethyl adjacent to an activating group) is 1. The van der Waals surface area contributed by atoms with Crippen LogP contribution in [0.4, 0.5) is 0 Å². The minimum atomic E-state index is 0.0741. The fourth-order valence-electron chi connectivity index (χ4n) is 2.48. The van der Waals surface area contributed by atoms with Crippen LogP contribution in [-0.2, 0) is 6.54 Å². The molecule has 1 saturated carbocycles. The molecule has 0 unspecified atom stereocenters. The number of aromatic nitrogens is 2. The van der Waals surface area contributed by atoms with E-state index in [0.717, 1.165) is 30.4 Å². The Balaban J connectivity index is 2.14. The highest BCUT2D eigenvalue weighted by Crippen LogP contribution is 2.24. The molecule has 1 aromatic rings. The smallest absolute Gasteiger partial charge is 0.204 e. The zero-order chi connectivity index (χ0) is 14.5. The van der Waals surface area contributed by atoms with Gasteiger partial charge in [-0.15, -0.1) is 0 Å². The molecule has 1 heterocycles. The molecule has 0 spiro atoms. The molecule has 2 rings (SSSR count). The lowest BCUT2D eigenvalue weighted by molar-refractivity contribution is 0.103. The van der Waals surface area contributed by atoms with E-state index in [4.69, 9.17) is 0 Å². The van der Waals surface area contributed by atoms with Gasteiger partial charge in [-0.2, -0.15) is 5.10 Å². The molecule has 0 bridgehead atoms. The predicted octanol–water partition coefficient (Wildman–Crippen LogP) is 3.28. The van der Waals surface area contributed by atoms with E-state index >= 15 is 0 Å². The Morgan fingerprint density at radius 2 is 2.10 bits per heavy atom. The molecule has 4 nitrogen and oxygen atoms in total. The first-order chi connectivity index (χ1) is 9.58. The Hall–Kier alpha value is -0.940. The van der Waals surface area contributed by atoms with Crippen LogP contribution in [0.3, 0.4) is 0 Å². The van der Waals surface area contributed by atoms with Gasteiger partial charge in [0.1, 0.15) is 5.69 Å². The number of halogens is 1. The van der Waals surface area contributed by atoms with Crippen LogP contribution in [0.25, 0.3) is 0 Å². The van der Waals surface area contributed by atoms with Gasteiger partial charge in [0.05, 0.1) is 17.2 Å². The predicted molar refractivity (Wildman–Crippen MR) is 84.0 cm³/mol. The number of carbonyl (C=O) groups excluding carboxylic acids is 1. The van der Waals surface area contributed by atoms with Crippen molar-refractivity contribution in [2.45, 2.75) is 38.6 Å². The van der Waals surface area contributed by atoms with E-state index in [9.17, 15) is 4.79 Å². The monoisotopic (exact) mass is 339 g/mol. The van der Waals surface area contributed by atoms with Gasteiger partial charge in [-0.3, -0.25) is 9.48 Å². The van der Waals surface area contributed by atoms with Crippen molar-refractivity contribution in [3.8, 4) is 0 Å². The molecular weight excluding hydrogens is 318 g/mol. The molecular formula is C15H22BrN3O. The second-order valence-electron chi connectivity index (χ2n) is 5.60. The third-order valence-corrected chi connectivity index (χ3v) is 4.20. The number of allylic oxidation sites excluding steroid dienone is 2. The van der Waals surface area contributed by atoms with Crippen molar-refractivity contribution < 1.29 is 4.79 Å². The van der Waals surface area contributed by atoms with Gasteiger partial charge in [0.2, 0.25) is 5.78 Å². The molecule has 1 fully saturated rings. The summed E-state index contributed by atoms with van der Waals surface area (Å²) in [4.78, 5) is 14.6. The van der Waals surface area contributed by atoms with Gasteiger partial charge in [0.25, 0.3) is 0 Å². The fraction of sp³-hybridized carbons (Fsp3) is 0.600. The molecule has 0 radical (unpaired) electrons. The van der Waals surface area contributed by atoms with E-state index in [1.807, 2.05) is 20.2 Å². The molecule has 0 N–H and O–H groups in total. The SMILES string of the molecule is CN(C)CCn1ncc(Br)c1C(=O)C=C1CCCCC1. The van der Waals surface area contributed by atoms with Crippen LogP contribution in [0.1, 0.15) is 42.6 Å². The average molecular weight is 340 g/mol. The van der Waals surface area contributed by atoms with Crippen LogP contribution >= 0.6 is 15.9 Å². The first-order valence-electron chi connectivity index (χ1n) is 7.17. The molecule has 0 saturated heterocycles. The van der Waals surface area contributed by atoms with E-state index in [0.29, 0.717) is 5.69 Å². The Labute approximate surface area is 129 Å². The summed E-state index contributed by atoms with van der Waals surface area (Å²) in [6, 6.07) is 0. The van der Waals surface area contributed by atoms with Crippen LogP contribution in [0, 0.1) is 0 Å². The van der Waals surface area contributed by atoms with Gasteiger partial charge in [-0.05, 0) is 61.8 Å². The van der Waals surface area contributed by atoms with E-state index < -0.39 is 0 Å². The molecule has 0 atom stereocenters. The third-order valence-electron chi connectivity index (χ3n) is 3.62. The van der Waals surface area contributed by atoms with Crippen LogP contribution < -0.4 is 0 Å². The first-order valence-corrected chi connectivity index (χ1v) is 7.97. The summed E-state index contributed by atoms with van der Waals surface area (Å²) in [6.07, 6.45) is 9.37. The maximum absolute atomic E-state index is 12.5. The summed E-state index contributed by atoms with van der Waals surface area (Å²) in [7, 11) is 4.04. The van der Waals surface area contributed by atoms with Crippen molar-refractivity contribution in [2.75, 3.05) is 20.6 Å². The lowest BCUT2D eigenvalue weighted by Crippen LogP contribution is -2.21. The van der Waals surface area contributed by atoms with Crippen LogP contribution in [0.2, 0.25) is 0 Å². The van der Waals surface area contributed by atoms with Crippen molar-refractivity contribution in [2.24, 2.45) is 0 Å². The minimum absolute atomic E-state index is 0.0741. The normalized spacial score (nSPS) is 15.7. The van der Waals surface area contributed by atoms with Gasteiger partial charge >= 0.3 is 0 Å². The standard InChI is InChI=1S/C15H22BrN3O/c1-18(2)8-9-19-15(13(16)11-17-19)14(20)10-12-6-4-3-5-7-12/h10-11H,3-9H2,1-2H3. The summed E-state index contributed by atoms with van der Waals surface area (Å²) in [5, 5.41) is 4.29. The number of hydrogen-bond acceptors (Lipinski definition) is 3. The molecule has 0 amide bonds. The van der Waals surface area contributed by atoms with Crippen molar-refractivity contribution in [3.05, 3.63) is 28.0 Å². The highest BCUT2D eigenvalue weighted by molar-refractivity contribution is 9.10. The third kappa shape index (κ3) is 4.03. The number of carbonyl (C=O) groups is 1. The molecule has 1 aromatic heterocycles. The van der Waals surface area contributed by atoms with E-state index in [1.165, 1.54) is 24.8 Å². The number of rotatable bonds is 5. The largest absolute Gasteiger partial charge is 0.308 e. The van der Waals surface area contributed by atoms with Crippen molar-refractivity contribution in [1.29, 1.82) is 0 Å². The molecule has 110 valence electrons. The summed E-state index contributed by atoms with van der Waals surface area (Å²) in [6.45, 7) is 1.59. The maximum Gasteiger partial charge on any atom is 0.204 e. The van der Waals surface area contributed by atoms with Crippen LogP contribution in [0.5, 0.6) is 0 Å². The van der Waals surface area contributed by atoms with Crippen molar-refractivity contribution >= 4 is 21.7 Å². The van der Waals surface area contributed by atoms with Gasteiger partial charge in [-0.25, -0.2) is 0 Å². The van der Waals surface area contributed by atoms with Gasteiger partial charge in [0, 0.05) is 6.54 Å². The summed E-state index contributed by atoms with van der Waals surface area (Å²) < 4.78 is 2.58. The lowest BCUT2D eigenvalue weighted by atomic mass is 9.94. The highest BCUT2D eigenvalue weighted by Gasteiger charge is 2.17. The first kappa shape index (κ1) is 15.4. The molecule has 1 aliphatic carbocycles. The number of hydrogen-bond donors (Lipinski definition) is 0. The Kier molecular flexibility index (Phi) is 5.54. The Bertz CT molecular complexity index is 497. The van der Waals surface area contributed by atoms with Crippen LogP contribution in [0.15, 0.2) is 22.3 Å². The number of ketones is 1.